The van der Waals surface area contributed by atoms with Crippen molar-refractivity contribution in [1.82, 2.24) is 0 Å². The van der Waals surface area contributed by atoms with E-state index in [-0.39, 0.29) is 18.0 Å². The van der Waals surface area contributed by atoms with Gasteiger partial charge in [-0.1, -0.05) is 23.7 Å². The van der Waals surface area contributed by atoms with Gasteiger partial charge in [0.1, 0.15) is 11.9 Å². The highest BCUT2D eigenvalue weighted by atomic mass is 35.5. The number of amides is 1. The van der Waals surface area contributed by atoms with Crippen LogP contribution in [0.2, 0.25) is 5.02 Å². The maximum Gasteiger partial charge on any atom is 0.243 e. The lowest BCUT2D eigenvalue weighted by Crippen LogP contribution is -2.22. The molecule has 2 N–H and O–H groups in total. The molecule has 0 aliphatic rings. The van der Waals surface area contributed by atoms with E-state index in [1.165, 1.54) is 12.1 Å². The summed E-state index contributed by atoms with van der Waals surface area (Å²) in [4.78, 5) is 11.8. The smallest absolute Gasteiger partial charge is 0.243 e. The first-order chi connectivity index (χ1) is 10.1. The Kier molecular flexibility index (Phi) is 4.75. The highest BCUT2D eigenvalue weighted by Crippen LogP contribution is 2.20. The minimum Gasteiger partial charge on any atom is -0.375 e. The van der Waals surface area contributed by atoms with Gasteiger partial charge in [-0.3, -0.25) is 4.79 Å². The number of nitrogens with zero attached hydrogens (tertiary/aromatic N) is 1. The second kappa shape index (κ2) is 6.73. The molecule has 1 amide bonds. The molecule has 2 aromatic rings. The number of hydrogen-bond acceptors (Lipinski definition) is 3. The average Bonchev–Trinajstić information content (AvgIpc) is 2.48. The zero-order chi connectivity index (χ0) is 15.2. The number of nitrogens with one attached hydrogen (secondary N) is 2. The second-order valence-electron chi connectivity index (χ2n) is 4.18. The summed E-state index contributed by atoms with van der Waals surface area (Å²) in [5, 5.41) is 14.8. The molecular formula is C15H11ClFN3O. The van der Waals surface area contributed by atoms with Gasteiger partial charge < -0.3 is 10.6 Å². The Morgan fingerprint density at radius 3 is 2.71 bits per heavy atom. The summed E-state index contributed by atoms with van der Waals surface area (Å²) in [6, 6.07) is 12.5. The van der Waals surface area contributed by atoms with Gasteiger partial charge >= 0.3 is 0 Å². The van der Waals surface area contributed by atoms with Gasteiger partial charge in [0.25, 0.3) is 0 Å². The molecule has 0 radical (unpaired) electrons. The number of carbonyl (C=O) groups excluding carboxylic acids is 1. The molecule has 2 aromatic carbocycles. The van der Waals surface area contributed by atoms with Crippen molar-refractivity contribution >= 4 is 28.9 Å². The zero-order valence-corrected chi connectivity index (χ0v) is 11.6. The highest BCUT2D eigenvalue weighted by Gasteiger charge is 2.07. The lowest BCUT2D eigenvalue weighted by atomic mass is 10.2. The Bertz CT molecular complexity index is 712. The standard InChI is InChI=1S/C15H11ClFN3O/c16-12-3-1-2-4-14(12)20-15(21)9-19-13-6-5-11(17)7-10(13)8-18/h1-7,19H,9H2,(H,20,21). The first kappa shape index (κ1) is 14.8. The van der Waals surface area contributed by atoms with Crippen LogP contribution < -0.4 is 10.6 Å². The van der Waals surface area contributed by atoms with Gasteiger partial charge in [-0.05, 0) is 30.3 Å². The molecule has 6 heteroatoms. The second-order valence-corrected chi connectivity index (χ2v) is 4.59. The fourth-order valence-electron chi connectivity index (χ4n) is 1.70. The number of nitriles is 1. The van der Waals surface area contributed by atoms with E-state index in [1.54, 1.807) is 24.3 Å². The molecule has 0 saturated heterocycles. The third kappa shape index (κ3) is 3.94. The maximum atomic E-state index is 13.0. The number of benzene rings is 2. The molecule has 0 fully saturated rings. The summed E-state index contributed by atoms with van der Waals surface area (Å²) in [5.41, 5.74) is 1.04. The van der Waals surface area contributed by atoms with Crippen LogP contribution in [0, 0.1) is 17.1 Å². The number of halogens is 2. The third-order valence-electron chi connectivity index (χ3n) is 2.69. The molecular weight excluding hydrogens is 293 g/mol. The van der Waals surface area contributed by atoms with E-state index >= 15 is 0 Å². The number of rotatable bonds is 4. The molecule has 0 spiro atoms. The van der Waals surface area contributed by atoms with E-state index in [0.717, 1.165) is 6.07 Å². The minimum atomic E-state index is -0.502. The Morgan fingerprint density at radius 1 is 1.24 bits per heavy atom. The Labute approximate surface area is 126 Å². The molecule has 21 heavy (non-hydrogen) atoms. The molecule has 0 atom stereocenters. The molecule has 0 aliphatic heterocycles. The summed E-state index contributed by atoms with van der Waals surface area (Å²) in [7, 11) is 0. The molecule has 0 heterocycles. The van der Waals surface area contributed by atoms with E-state index in [1.807, 2.05) is 6.07 Å². The van der Waals surface area contributed by atoms with Crippen molar-refractivity contribution in [2.45, 2.75) is 0 Å². The van der Waals surface area contributed by atoms with Crippen LogP contribution in [0.4, 0.5) is 15.8 Å². The van der Waals surface area contributed by atoms with Crippen LogP contribution in [0.25, 0.3) is 0 Å². The predicted molar refractivity (Wildman–Crippen MR) is 79.7 cm³/mol. The summed E-state index contributed by atoms with van der Waals surface area (Å²) in [6.07, 6.45) is 0. The van der Waals surface area contributed by atoms with Crippen LogP contribution in [-0.2, 0) is 4.79 Å². The molecule has 4 nitrogen and oxygen atoms in total. The number of anilines is 2. The van der Waals surface area contributed by atoms with E-state index < -0.39 is 5.82 Å². The number of hydrogen-bond donors (Lipinski definition) is 2. The van der Waals surface area contributed by atoms with Crippen LogP contribution in [0.1, 0.15) is 5.56 Å². The Hall–Kier alpha value is -2.58. The van der Waals surface area contributed by atoms with Crippen LogP contribution in [-0.4, -0.2) is 12.5 Å². The highest BCUT2D eigenvalue weighted by molar-refractivity contribution is 6.33. The topological polar surface area (TPSA) is 64.9 Å². The van der Waals surface area contributed by atoms with E-state index in [2.05, 4.69) is 10.6 Å². The first-order valence-electron chi connectivity index (χ1n) is 6.08. The van der Waals surface area contributed by atoms with Crippen molar-refractivity contribution in [1.29, 1.82) is 5.26 Å². The van der Waals surface area contributed by atoms with Crippen molar-refractivity contribution in [3.63, 3.8) is 0 Å². The van der Waals surface area contributed by atoms with E-state index in [0.29, 0.717) is 16.4 Å². The van der Waals surface area contributed by atoms with Crippen molar-refractivity contribution in [3.05, 3.63) is 58.9 Å². The SMILES string of the molecule is N#Cc1cc(F)ccc1NCC(=O)Nc1ccccc1Cl. The van der Waals surface area contributed by atoms with Crippen LogP contribution in [0.3, 0.4) is 0 Å². The Morgan fingerprint density at radius 2 is 2.00 bits per heavy atom. The number of carbonyl (C=O) groups is 1. The third-order valence-corrected chi connectivity index (χ3v) is 3.02. The quantitative estimate of drug-likeness (QED) is 0.910. The molecule has 0 aliphatic carbocycles. The molecule has 0 unspecified atom stereocenters. The first-order valence-corrected chi connectivity index (χ1v) is 6.46. The van der Waals surface area contributed by atoms with Gasteiger partial charge in [-0.15, -0.1) is 0 Å². The lowest BCUT2D eigenvalue weighted by Gasteiger charge is -2.10. The van der Waals surface area contributed by atoms with Crippen molar-refractivity contribution < 1.29 is 9.18 Å². The minimum absolute atomic E-state index is 0.0640. The Balaban J connectivity index is 1.99. The van der Waals surface area contributed by atoms with Crippen molar-refractivity contribution in [3.8, 4) is 6.07 Å². The zero-order valence-electron chi connectivity index (χ0n) is 10.9. The van der Waals surface area contributed by atoms with Crippen molar-refractivity contribution in [2.75, 3.05) is 17.2 Å². The van der Waals surface area contributed by atoms with Gasteiger partial charge in [0.05, 0.1) is 28.5 Å². The van der Waals surface area contributed by atoms with Gasteiger partial charge in [0, 0.05) is 0 Å². The fraction of sp³-hybridized carbons (Fsp3) is 0.0667. The molecule has 2 rings (SSSR count). The normalized spacial score (nSPS) is 9.76. The van der Waals surface area contributed by atoms with Gasteiger partial charge in [-0.25, -0.2) is 4.39 Å². The average molecular weight is 304 g/mol. The fourth-order valence-corrected chi connectivity index (χ4v) is 1.88. The predicted octanol–water partition coefficient (Wildman–Crippen LogP) is 3.40. The molecule has 0 bridgehead atoms. The van der Waals surface area contributed by atoms with Crippen LogP contribution >= 0.6 is 11.6 Å². The lowest BCUT2D eigenvalue weighted by molar-refractivity contribution is -0.114. The molecule has 0 saturated carbocycles. The summed E-state index contributed by atoms with van der Waals surface area (Å²) in [5.74, 6) is -0.825. The summed E-state index contributed by atoms with van der Waals surface area (Å²) < 4.78 is 13.0. The molecule has 0 aromatic heterocycles. The van der Waals surface area contributed by atoms with Gasteiger partial charge in [0.2, 0.25) is 5.91 Å². The van der Waals surface area contributed by atoms with E-state index in [4.69, 9.17) is 16.9 Å². The molecule has 106 valence electrons. The summed E-state index contributed by atoms with van der Waals surface area (Å²) >= 11 is 5.93. The monoisotopic (exact) mass is 303 g/mol. The maximum absolute atomic E-state index is 13.0. The van der Waals surface area contributed by atoms with Crippen LogP contribution in [0.15, 0.2) is 42.5 Å². The van der Waals surface area contributed by atoms with E-state index in [9.17, 15) is 9.18 Å². The van der Waals surface area contributed by atoms with Gasteiger partial charge in [0.15, 0.2) is 0 Å². The summed E-state index contributed by atoms with van der Waals surface area (Å²) in [6.45, 7) is -0.0640. The largest absolute Gasteiger partial charge is 0.375 e. The van der Waals surface area contributed by atoms with Gasteiger partial charge in [-0.2, -0.15) is 5.26 Å². The van der Waals surface area contributed by atoms with Crippen molar-refractivity contribution in [2.24, 2.45) is 0 Å². The number of para-hydroxylation sites is 1. The van der Waals surface area contributed by atoms with Crippen LogP contribution in [0.5, 0.6) is 0 Å².